The monoisotopic (exact) mass is 345 g/mol. The van der Waals surface area contributed by atoms with Crippen LogP contribution < -0.4 is 0 Å². The van der Waals surface area contributed by atoms with Crippen LogP contribution in [0.2, 0.25) is 0 Å². The Bertz CT molecular complexity index is 955. The van der Waals surface area contributed by atoms with Gasteiger partial charge in [-0.15, -0.1) is 0 Å². The highest BCUT2D eigenvalue weighted by molar-refractivity contribution is 7.98. The maximum absolute atomic E-state index is 11.0. The Morgan fingerprint density at radius 1 is 1.12 bits per heavy atom. The number of pyridine rings is 1. The zero-order valence-electron chi connectivity index (χ0n) is 12.4. The number of hydrogen-bond donors (Lipinski definition) is 0. The van der Waals surface area contributed by atoms with Crippen LogP contribution in [-0.2, 0) is 12.8 Å². The molecule has 0 saturated heterocycles. The molecule has 10 heteroatoms. The maximum Gasteiger partial charge on any atom is 0.346 e. The van der Waals surface area contributed by atoms with Crippen molar-refractivity contribution in [1.29, 1.82) is 0 Å². The van der Waals surface area contributed by atoms with E-state index >= 15 is 0 Å². The third-order valence-electron chi connectivity index (χ3n) is 3.40. The fourth-order valence-electron chi connectivity index (χ4n) is 2.28. The van der Waals surface area contributed by atoms with Crippen LogP contribution in [0.3, 0.4) is 0 Å². The van der Waals surface area contributed by atoms with Crippen molar-refractivity contribution in [2.45, 2.75) is 10.8 Å². The summed E-state index contributed by atoms with van der Waals surface area (Å²) in [7, 11) is 1.86. The van der Waals surface area contributed by atoms with Crippen molar-refractivity contribution in [3.05, 3.63) is 62.6 Å². The molecule has 0 bridgehead atoms. The molecule has 1 aromatic carbocycles. The minimum absolute atomic E-state index is 0.399. The van der Waals surface area contributed by atoms with Crippen LogP contribution in [0.25, 0.3) is 11.0 Å². The minimum atomic E-state index is -0.757. The van der Waals surface area contributed by atoms with Crippen molar-refractivity contribution < 1.29 is 9.85 Å². The molecule has 0 N–H and O–H groups in total. The molecule has 3 rings (SSSR count). The van der Waals surface area contributed by atoms with E-state index in [0.717, 1.165) is 22.1 Å². The second-order valence-corrected chi connectivity index (χ2v) is 5.93. The Morgan fingerprint density at radius 2 is 1.88 bits per heavy atom. The molecule has 2 heterocycles. The SMILES string of the molecule is Cn1cnc2ccnc(SCc3ccc([N+](=O)[O-])c([N+](=O)[O-])c3)c21. The van der Waals surface area contributed by atoms with Gasteiger partial charge in [0.1, 0.15) is 10.5 Å². The Balaban J connectivity index is 1.89. The highest BCUT2D eigenvalue weighted by Gasteiger charge is 2.24. The number of aryl methyl sites for hydroxylation is 1. The Kier molecular flexibility index (Phi) is 4.13. The summed E-state index contributed by atoms with van der Waals surface area (Å²) in [5.41, 5.74) is 1.27. The summed E-state index contributed by atoms with van der Waals surface area (Å²) in [4.78, 5) is 28.9. The molecule has 0 radical (unpaired) electrons. The van der Waals surface area contributed by atoms with E-state index in [1.54, 1.807) is 18.6 Å². The second kappa shape index (κ2) is 6.24. The number of fused-ring (bicyclic) bond motifs is 1. The highest BCUT2D eigenvalue weighted by Crippen LogP contribution is 2.32. The summed E-state index contributed by atoms with van der Waals surface area (Å²) >= 11 is 1.39. The second-order valence-electron chi connectivity index (χ2n) is 4.97. The van der Waals surface area contributed by atoms with Crippen LogP contribution in [0.4, 0.5) is 11.4 Å². The van der Waals surface area contributed by atoms with Crippen LogP contribution in [0.15, 0.2) is 41.8 Å². The molecule has 0 spiro atoms. The molecule has 0 amide bonds. The van der Waals surface area contributed by atoms with Gasteiger partial charge in [-0.25, -0.2) is 9.97 Å². The van der Waals surface area contributed by atoms with E-state index < -0.39 is 21.2 Å². The predicted octanol–water partition coefficient (Wildman–Crippen LogP) is 3.08. The molecule has 0 atom stereocenters. The molecule has 9 nitrogen and oxygen atoms in total. The third-order valence-corrected chi connectivity index (χ3v) is 4.45. The largest absolute Gasteiger partial charge is 0.346 e. The summed E-state index contributed by atoms with van der Waals surface area (Å²) in [6.07, 6.45) is 3.34. The molecule has 0 aliphatic rings. The van der Waals surface area contributed by atoms with Crippen LogP contribution in [-0.4, -0.2) is 24.4 Å². The van der Waals surface area contributed by atoms with E-state index in [2.05, 4.69) is 9.97 Å². The van der Waals surface area contributed by atoms with Gasteiger partial charge < -0.3 is 4.57 Å². The van der Waals surface area contributed by atoms with Crippen molar-refractivity contribution in [3.8, 4) is 0 Å². The lowest BCUT2D eigenvalue weighted by Crippen LogP contribution is -1.97. The molecule has 122 valence electrons. The van der Waals surface area contributed by atoms with Gasteiger partial charge in [-0.1, -0.05) is 17.8 Å². The van der Waals surface area contributed by atoms with Crippen molar-refractivity contribution in [3.63, 3.8) is 0 Å². The lowest BCUT2D eigenvalue weighted by molar-refractivity contribution is -0.422. The first-order valence-corrected chi connectivity index (χ1v) is 7.76. The van der Waals surface area contributed by atoms with Gasteiger partial charge in [0.15, 0.2) is 0 Å². The van der Waals surface area contributed by atoms with Crippen molar-refractivity contribution >= 4 is 34.2 Å². The number of nitro groups is 2. The third kappa shape index (κ3) is 2.91. The average molecular weight is 345 g/mol. The number of imidazole rings is 1. The van der Waals surface area contributed by atoms with Gasteiger partial charge in [0.25, 0.3) is 0 Å². The number of rotatable bonds is 5. The van der Waals surface area contributed by atoms with Crippen LogP contribution >= 0.6 is 11.8 Å². The summed E-state index contributed by atoms with van der Waals surface area (Å²) in [6.45, 7) is 0. The molecule has 3 aromatic rings. The van der Waals surface area contributed by atoms with Gasteiger partial charge in [0.05, 0.1) is 21.7 Å². The van der Waals surface area contributed by atoms with E-state index in [-0.39, 0.29) is 0 Å². The van der Waals surface area contributed by atoms with E-state index in [0.29, 0.717) is 11.3 Å². The fraction of sp³-hybridized carbons (Fsp3) is 0.143. The van der Waals surface area contributed by atoms with Crippen molar-refractivity contribution in [1.82, 2.24) is 14.5 Å². The summed E-state index contributed by atoms with van der Waals surface area (Å²) < 4.78 is 1.85. The average Bonchev–Trinajstić information content (AvgIpc) is 2.94. The van der Waals surface area contributed by atoms with Crippen molar-refractivity contribution in [2.24, 2.45) is 7.05 Å². The number of hydrogen-bond acceptors (Lipinski definition) is 7. The summed E-state index contributed by atoms with van der Waals surface area (Å²) in [6, 6.07) is 5.71. The first kappa shape index (κ1) is 15.9. The molecule has 0 saturated carbocycles. The van der Waals surface area contributed by atoms with Gasteiger partial charge in [-0.3, -0.25) is 20.2 Å². The van der Waals surface area contributed by atoms with Crippen LogP contribution in [0.5, 0.6) is 0 Å². The lowest BCUT2D eigenvalue weighted by atomic mass is 10.2. The molecule has 0 aliphatic heterocycles. The van der Waals surface area contributed by atoms with Gasteiger partial charge in [-0.2, -0.15) is 0 Å². The van der Waals surface area contributed by atoms with E-state index in [1.807, 2.05) is 11.6 Å². The van der Waals surface area contributed by atoms with E-state index in [4.69, 9.17) is 0 Å². The molecular weight excluding hydrogens is 334 g/mol. The normalized spacial score (nSPS) is 10.9. The quantitative estimate of drug-likeness (QED) is 0.396. The smallest absolute Gasteiger partial charge is 0.332 e. The molecule has 0 aliphatic carbocycles. The molecule has 0 fully saturated rings. The number of aromatic nitrogens is 3. The first-order chi connectivity index (χ1) is 11.5. The minimum Gasteiger partial charge on any atom is -0.332 e. The standard InChI is InChI=1S/C14H11N5O4S/c1-17-8-16-10-4-5-15-14(13(10)17)24-7-9-2-3-11(18(20)21)12(6-9)19(22)23/h2-6,8H,7H2,1H3. The Morgan fingerprint density at radius 3 is 2.58 bits per heavy atom. The summed E-state index contributed by atoms with van der Waals surface area (Å²) in [5.74, 6) is 0.399. The van der Waals surface area contributed by atoms with Gasteiger partial charge in [0.2, 0.25) is 0 Å². The molecule has 2 aromatic heterocycles. The number of thioether (sulfide) groups is 1. The maximum atomic E-state index is 11.0. The molecule has 24 heavy (non-hydrogen) atoms. The predicted molar refractivity (Wildman–Crippen MR) is 87.8 cm³/mol. The Labute approximate surface area is 139 Å². The van der Waals surface area contributed by atoms with Gasteiger partial charge in [0, 0.05) is 31.1 Å². The highest BCUT2D eigenvalue weighted by atomic mass is 32.2. The van der Waals surface area contributed by atoms with Crippen LogP contribution in [0.1, 0.15) is 5.56 Å². The van der Waals surface area contributed by atoms with Crippen LogP contribution in [0, 0.1) is 20.2 Å². The zero-order chi connectivity index (χ0) is 17.3. The van der Waals surface area contributed by atoms with Gasteiger partial charge >= 0.3 is 11.4 Å². The van der Waals surface area contributed by atoms with Crippen molar-refractivity contribution in [2.75, 3.05) is 0 Å². The number of nitrogens with zero attached hydrogens (tertiary/aromatic N) is 5. The lowest BCUT2D eigenvalue weighted by Gasteiger charge is -2.04. The Hall–Kier alpha value is -3.01. The number of benzene rings is 1. The number of nitro benzene ring substituents is 2. The molecular formula is C14H11N5O4S. The van der Waals surface area contributed by atoms with E-state index in [1.165, 1.54) is 23.9 Å². The first-order valence-electron chi connectivity index (χ1n) is 6.78. The summed E-state index contributed by atoms with van der Waals surface area (Å²) in [5, 5.41) is 22.6. The molecule has 0 unspecified atom stereocenters. The zero-order valence-corrected chi connectivity index (χ0v) is 13.3. The topological polar surface area (TPSA) is 117 Å². The fourth-order valence-corrected chi connectivity index (χ4v) is 3.29. The van der Waals surface area contributed by atoms with E-state index in [9.17, 15) is 20.2 Å². The van der Waals surface area contributed by atoms with Gasteiger partial charge in [-0.05, 0) is 11.6 Å².